The predicted octanol–water partition coefficient (Wildman–Crippen LogP) is 2.48. The summed E-state index contributed by atoms with van der Waals surface area (Å²) in [5.41, 5.74) is 4.09. The zero-order chi connectivity index (χ0) is 21.9. The molecule has 2 heterocycles. The number of nitrogens with zero attached hydrogens (tertiary/aromatic N) is 1. The van der Waals surface area contributed by atoms with Gasteiger partial charge < -0.3 is 19.9 Å². The van der Waals surface area contributed by atoms with Crippen LogP contribution < -0.4 is 5.32 Å². The second-order valence-corrected chi connectivity index (χ2v) is 7.82. The van der Waals surface area contributed by atoms with Crippen molar-refractivity contribution in [2.75, 3.05) is 6.61 Å². The van der Waals surface area contributed by atoms with Crippen LogP contribution >= 0.6 is 0 Å². The van der Waals surface area contributed by atoms with Crippen molar-refractivity contribution in [3.63, 3.8) is 0 Å². The SMILES string of the molecule is Cn1c2cc(CC(O)CO)c(O)cc2c2c3c(c(-c4ccccc4)cc21)C(=O)NC3=O. The van der Waals surface area contributed by atoms with Crippen LogP contribution in [0.5, 0.6) is 5.75 Å². The number of imide groups is 1. The molecule has 3 aromatic carbocycles. The first-order valence-electron chi connectivity index (χ1n) is 9.91. The van der Waals surface area contributed by atoms with Gasteiger partial charge >= 0.3 is 0 Å². The number of nitrogens with one attached hydrogen (secondary N) is 1. The van der Waals surface area contributed by atoms with Gasteiger partial charge in [-0.15, -0.1) is 0 Å². The third-order valence-electron chi connectivity index (χ3n) is 5.93. The van der Waals surface area contributed by atoms with Crippen LogP contribution in [0.3, 0.4) is 0 Å². The number of aryl methyl sites for hydroxylation is 1. The van der Waals surface area contributed by atoms with Gasteiger partial charge in [-0.05, 0) is 34.9 Å². The molecule has 4 aromatic rings. The summed E-state index contributed by atoms with van der Waals surface area (Å²) in [6.07, 6.45) is -0.901. The minimum atomic E-state index is -0.990. The van der Waals surface area contributed by atoms with Gasteiger partial charge in [0, 0.05) is 29.8 Å². The van der Waals surface area contributed by atoms with E-state index in [1.54, 1.807) is 12.1 Å². The Morgan fingerprint density at radius 3 is 2.42 bits per heavy atom. The van der Waals surface area contributed by atoms with Crippen LogP contribution in [0.2, 0.25) is 0 Å². The number of hydrogen-bond donors (Lipinski definition) is 4. The van der Waals surface area contributed by atoms with E-state index >= 15 is 0 Å². The van der Waals surface area contributed by atoms with Gasteiger partial charge in [0.2, 0.25) is 0 Å². The van der Waals surface area contributed by atoms with Gasteiger partial charge in [0.1, 0.15) is 5.75 Å². The summed E-state index contributed by atoms with van der Waals surface area (Å²) >= 11 is 0. The molecule has 1 aliphatic rings. The molecule has 1 aromatic heterocycles. The number of benzene rings is 3. The maximum absolute atomic E-state index is 12.8. The van der Waals surface area contributed by atoms with Crippen molar-refractivity contribution in [3.05, 3.63) is 65.2 Å². The molecule has 2 amide bonds. The first-order valence-corrected chi connectivity index (χ1v) is 9.91. The predicted molar refractivity (Wildman–Crippen MR) is 116 cm³/mol. The normalized spacial score (nSPS) is 14.3. The number of aromatic hydroxyl groups is 1. The maximum atomic E-state index is 12.8. The lowest BCUT2D eigenvalue weighted by Gasteiger charge is -2.10. The third-order valence-corrected chi connectivity index (χ3v) is 5.93. The standard InChI is InChI=1S/C24H20N2O5/c1-26-17-8-13(7-14(28)11-27)19(29)10-16(17)20-18(26)9-15(12-5-3-2-4-6-12)21-22(20)24(31)25-23(21)30/h2-6,8-10,14,27-29H,7,11H2,1H3,(H,25,30,31). The van der Waals surface area contributed by atoms with Crippen molar-refractivity contribution in [2.45, 2.75) is 12.5 Å². The molecule has 0 aliphatic carbocycles. The molecule has 7 nitrogen and oxygen atoms in total. The number of aliphatic hydroxyl groups excluding tert-OH is 2. The molecule has 0 bridgehead atoms. The number of aliphatic hydroxyl groups is 2. The van der Waals surface area contributed by atoms with Crippen LogP contribution in [-0.2, 0) is 13.5 Å². The molecule has 1 aliphatic heterocycles. The quantitative estimate of drug-likeness (QED) is 0.382. The molecular formula is C24H20N2O5. The van der Waals surface area contributed by atoms with Crippen molar-refractivity contribution in [1.82, 2.24) is 9.88 Å². The summed E-state index contributed by atoms with van der Waals surface area (Å²) in [6.45, 7) is -0.414. The molecule has 0 fully saturated rings. The monoisotopic (exact) mass is 416 g/mol. The number of rotatable bonds is 4. The van der Waals surface area contributed by atoms with E-state index in [-0.39, 0.29) is 12.2 Å². The van der Waals surface area contributed by atoms with Crippen molar-refractivity contribution < 1.29 is 24.9 Å². The van der Waals surface area contributed by atoms with Gasteiger partial charge in [0.25, 0.3) is 11.8 Å². The van der Waals surface area contributed by atoms with E-state index in [0.29, 0.717) is 33.0 Å². The lowest BCUT2D eigenvalue weighted by atomic mass is 9.92. The number of hydrogen-bond acceptors (Lipinski definition) is 5. The number of fused-ring (bicyclic) bond motifs is 5. The average Bonchev–Trinajstić information content (AvgIpc) is 3.21. The Kier molecular flexibility index (Phi) is 4.32. The van der Waals surface area contributed by atoms with Crippen LogP contribution in [0.25, 0.3) is 32.9 Å². The first-order chi connectivity index (χ1) is 14.9. The summed E-state index contributed by atoms with van der Waals surface area (Å²) in [7, 11) is 1.85. The Morgan fingerprint density at radius 2 is 1.71 bits per heavy atom. The number of carbonyl (C=O) groups is 2. The molecule has 1 unspecified atom stereocenters. The van der Waals surface area contributed by atoms with Crippen LogP contribution in [0.15, 0.2) is 48.5 Å². The molecule has 0 saturated heterocycles. The number of phenols is 1. The molecule has 0 spiro atoms. The molecule has 1 atom stereocenters. The number of aromatic nitrogens is 1. The summed E-state index contributed by atoms with van der Waals surface area (Å²) in [4.78, 5) is 25.5. The van der Waals surface area contributed by atoms with Crippen LogP contribution in [-0.4, -0.2) is 44.4 Å². The molecule has 156 valence electrons. The van der Waals surface area contributed by atoms with E-state index in [1.807, 2.05) is 48.0 Å². The minimum Gasteiger partial charge on any atom is -0.508 e. The summed E-state index contributed by atoms with van der Waals surface area (Å²) in [5.74, 6) is -0.947. The molecule has 0 radical (unpaired) electrons. The van der Waals surface area contributed by atoms with Crippen LogP contribution in [0.1, 0.15) is 26.3 Å². The van der Waals surface area contributed by atoms with Crippen molar-refractivity contribution in [1.29, 1.82) is 0 Å². The summed E-state index contributed by atoms with van der Waals surface area (Å²) < 4.78 is 1.90. The Bertz CT molecular complexity index is 1390. The highest BCUT2D eigenvalue weighted by molar-refractivity contribution is 6.32. The summed E-state index contributed by atoms with van der Waals surface area (Å²) in [6, 6.07) is 14.6. The van der Waals surface area contributed by atoms with Gasteiger partial charge in [-0.25, -0.2) is 0 Å². The number of phenolic OH excluding ortho intramolecular Hbond substituents is 1. The largest absolute Gasteiger partial charge is 0.508 e. The lowest BCUT2D eigenvalue weighted by molar-refractivity contribution is 0.0880. The maximum Gasteiger partial charge on any atom is 0.259 e. The highest BCUT2D eigenvalue weighted by atomic mass is 16.3. The van der Waals surface area contributed by atoms with Gasteiger partial charge in [-0.1, -0.05) is 30.3 Å². The fourth-order valence-electron chi connectivity index (χ4n) is 4.45. The molecule has 7 heteroatoms. The van der Waals surface area contributed by atoms with Crippen molar-refractivity contribution in [2.24, 2.45) is 7.05 Å². The van der Waals surface area contributed by atoms with E-state index in [4.69, 9.17) is 5.11 Å². The second kappa shape index (κ2) is 6.94. The average molecular weight is 416 g/mol. The zero-order valence-electron chi connectivity index (χ0n) is 16.7. The molecule has 0 saturated carbocycles. The first kappa shape index (κ1) is 19.3. The van der Waals surface area contributed by atoms with Gasteiger partial charge in [0.05, 0.1) is 29.4 Å². The van der Waals surface area contributed by atoms with Crippen molar-refractivity contribution in [3.8, 4) is 16.9 Å². The fraction of sp³-hybridized carbons (Fsp3) is 0.167. The van der Waals surface area contributed by atoms with E-state index < -0.39 is 24.5 Å². The Balaban J connectivity index is 1.88. The second-order valence-electron chi connectivity index (χ2n) is 7.82. The molecular weight excluding hydrogens is 396 g/mol. The number of carbonyl (C=O) groups excluding carboxylic acids is 2. The lowest BCUT2D eigenvalue weighted by Crippen LogP contribution is -2.20. The van der Waals surface area contributed by atoms with Gasteiger partial charge in [-0.2, -0.15) is 0 Å². The van der Waals surface area contributed by atoms with E-state index in [2.05, 4.69) is 5.32 Å². The third kappa shape index (κ3) is 2.82. The highest BCUT2D eigenvalue weighted by Crippen LogP contribution is 2.41. The Morgan fingerprint density at radius 1 is 1.00 bits per heavy atom. The van der Waals surface area contributed by atoms with E-state index in [1.165, 1.54) is 0 Å². The summed E-state index contributed by atoms with van der Waals surface area (Å²) in [5, 5.41) is 33.2. The zero-order valence-corrected chi connectivity index (χ0v) is 16.7. The molecule has 4 N–H and O–H groups in total. The molecule has 31 heavy (non-hydrogen) atoms. The number of amides is 2. The van der Waals surface area contributed by atoms with Crippen LogP contribution in [0.4, 0.5) is 0 Å². The van der Waals surface area contributed by atoms with Gasteiger partial charge in [0.15, 0.2) is 0 Å². The van der Waals surface area contributed by atoms with Crippen molar-refractivity contribution >= 4 is 33.6 Å². The van der Waals surface area contributed by atoms with Crippen LogP contribution in [0, 0.1) is 0 Å². The molecule has 5 rings (SSSR count). The fourth-order valence-corrected chi connectivity index (χ4v) is 4.45. The van der Waals surface area contributed by atoms with E-state index in [9.17, 15) is 19.8 Å². The van der Waals surface area contributed by atoms with E-state index in [0.717, 1.165) is 16.6 Å². The topological polar surface area (TPSA) is 112 Å². The van der Waals surface area contributed by atoms with Gasteiger partial charge in [-0.3, -0.25) is 14.9 Å². The smallest absolute Gasteiger partial charge is 0.259 e. The minimum absolute atomic E-state index is 0.0434. The Labute approximate surface area is 177 Å². The highest BCUT2D eigenvalue weighted by Gasteiger charge is 2.34. The Hall–Kier alpha value is -3.68.